The van der Waals surface area contributed by atoms with E-state index in [2.05, 4.69) is 26.9 Å². The zero-order chi connectivity index (χ0) is 20.6. The van der Waals surface area contributed by atoms with Crippen molar-refractivity contribution in [1.29, 1.82) is 0 Å². The Morgan fingerprint density at radius 2 is 1.76 bits per heavy atom. The van der Waals surface area contributed by atoms with Crippen molar-refractivity contribution in [3.05, 3.63) is 77.2 Å². The molecule has 0 radical (unpaired) electrons. The summed E-state index contributed by atoms with van der Waals surface area (Å²) in [6.45, 7) is 1.84. The van der Waals surface area contributed by atoms with Crippen LogP contribution < -0.4 is 5.73 Å². The van der Waals surface area contributed by atoms with Crippen LogP contribution in [0.3, 0.4) is 0 Å². The summed E-state index contributed by atoms with van der Waals surface area (Å²) in [5, 5.41) is 4.29. The van der Waals surface area contributed by atoms with Gasteiger partial charge in [-0.25, -0.2) is 14.5 Å². The van der Waals surface area contributed by atoms with E-state index in [0.717, 1.165) is 17.8 Å². The van der Waals surface area contributed by atoms with Crippen LogP contribution in [0.25, 0.3) is 16.9 Å². The zero-order valence-corrected chi connectivity index (χ0v) is 15.2. The summed E-state index contributed by atoms with van der Waals surface area (Å²) in [6.07, 6.45) is -1.21. The van der Waals surface area contributed by atoms with Gasteiger partial charge < -0.3 is 5.73 Å². The van der Waals surface area contributed by atoms with Gasteiger partial charge >= 0.3 is 6.18 Å². The molecule has 0 saturated carbocycles. The number of anilines is 1. The Balaban J connectivity index is 1.75. The fourth-order valence-electron chi connectivity index (χ4n) is 2.80. The van der Waals surface area contributed by atoms with Crippen LogP contribution in [0.1, 0.15) is 22.4 Å². The van der Waals surface area contributed by atoms with Gasteiger partial charge in [-0.05, 0) is 37.3 Å². The monoisotopic (exact) mass is 393 g/mol. The van der Waals surface area contributed by atoms with Crippen molar-refractivity contribution in [2.75, 3.05) is 5.73 Å². The highest BCUT2D eigenvalue weighted by Crippen LogP contribution is 2.31. The van der Waals surface area contributed by atoms with Gasteiger partial charge in [0.25, 0.3) is 0 Å². The predicted molar refractivity (Wildman–Crippen MR) is 103 cm³/mol. The molecule has 0 aliphatic carbocycles. The highest BCUT2D eigenvalue weighted by Gasteiger charge is 2.30. The molecule has 0 fully saturated rings. The maximum Gasteiger partial charge on any atom is 0.416 e. The molecule has 0 spiro atoms. The SMILES string of the molecule is Cc1cc(-c2ccc(C(F)(F)F)cc2)nc2c(C#Cc3ccc(N)nc3)cnn12. The highest BCUT2D eigenvalue weighted by atomic mass is 19.4. The van der Waals surface area contributed by atoms with Crippen molar-refractivity contribution >= 4 is 11.5 Å². The summed E-state index contributed by atoms with van der Waals surface area (Å²) < 4.78 is 40.0. The minimum atomic E-state index is -4.38. The number of nitrogens with two attached hydrogens (primary N) is 1. The van der Waals surface area contributed by atoms with E-state index in [4.69, 9.17) is 5.73 Å². The fraction of sp³-hybridized carbons (Fsp3) is 0.0952. The van der Waals surface area contributed by atoms with Crippen LogP contribution in [0.4, 0.5) is 19.0 Å². The number of nitrogen functional groups attached to an aromatic ring is 1. The molecule has 0 atom stereocenters. The Kier molecular flexibility index (Phi) is 4.43. The number of hydrogen-bond acceptors (Lipinski definition) is 4. The minimum absolute atomic E-state index is 0.407. The second kappa shape index (κ2) is 6.95. The first-order valence-corrected chi connectivity index (χ1v) is 8.58. The van der Waals surface area contributed by atoms with Crippen LogP contribution in [0.2, 0.25) is 0 Å². The van der Waals surface area contributed by atoms with Crippen molar-refractivity contribution in [1.82, 2.24) is 19.6 Å². The molecule has 0 saturated heterocycles. The third-order valence-corrected chi connectivity index (χ3v) is 4.29. The molecule has 0 unspecified atom stereocenters. The Bertz CT molecular complexity index is 1240. The van der Waals surface area contributed by atoms with Gasteiger partial charge in [0.1, 0.15) is 5.82 Å². The van der Waals surface area contributed by atoms with Crippen molar-refractivity contribution in [2.24, 2.45) is 0 Å². The lowest BCUT2D eigenvalue weighted by molar-refractivity contribution is -0.137. The van der Waals surface area contributed by atoms with Crippen LogP contribution in [0.5, 0.6) is 0 Å². The average Bonchev–Trinajstić information content (AvgIpc) is 3.10. The number of nitrogens with zero attached hydrogens (tertiary/aromatic N) is 4. The molecule has 4 aromatic rings. The van der Waals surface area contributed by atoms with Crippen LogP contribution in [-0.2, 0) is 6.18 Å². The first kappa shape index (κ1) is 18.5. The average molecular weight is 393 g/mol. The molecule has 3 heterocycles. The lowest BCUT2D eigenvalue weighted by Crippen LogP contribution is -2.04. The Morgan fingerprint density at radius 3 is 2.41 bits per heavy atom. The van der Waals surface area contributed by atoms with E-state index >= 15 is 0 Å². The summed E-state index contributed by atoms with van der Waals surface area (Å²) in [4.78, 5) is 8.56. The summed E-state index contributed by atoms with van der Waals surface area (Å²) >= 11 is 0. The lowest BCUT2D eigenvalue weighted by atomic mass is 10.1. The zero-order valence-electron chi connectivity index (χ0n) is 15.2. The summed E-state index contributed by atoms with van der Waals surface area (Å²) in [5.41, 5.74) is 8.58. The third-order valence-electron chi connectivity index (χ3n) is 4.29. The van der Waals surface area contributed by atoms with E-state index in [1.54, 1.807) is 35.1 Å². The molecule has 4 rings (SSSR count). The molecular formula is C21H14F3N5. The van der Waals surface area contributed by atoms with E-state index in [-0.39, 0.29) is 0 Å². The summed E-state index contributed by atoms with van der Waals surface area (Å²) in [7, 11) is 0. The molecule has 3 aromatic heterocycles. The van der Waals surface area contributed by atoms with E-state index in [1.165, 1.54) is 12.1 Å². The number of alkyl halides is 3. The number of hydrogen-bond donors (Lipinski definition) is 1. The smallest absolute Gasteiger partial charge is 0.384 e. The number of aryl methyl sites for hydroxylation is 1. The molecule has 0 aliphatic rings. The van der Waals surface area contributed by atoms with Crippen molar-refractivity contribution in [3.8, 4) is 23.1 Å². The molecule has 0 aliphatic heterocycles. The first-order chi connectivity index (χ1) is 13.8. The molecule has 0 amide bonds. The largest absolute Gasteiger partial charge is 0.416 e. The fourth-order valence-corrected chi connectivity index (χ4v) is 2.80. The van der Waals surface area contributed by atoms with Gasteiger partial charge in [0.15, 0.2) is 5.65 Å². The van der Waals surface area contributed by atoms with Crippen LogP contribution in [-0.4, -0.2) is 19.6 Å². The van der Waals surface area contributed by atoms with Gasteiger partial charge in [-0.15, -0.1) is 0 Å². The normalized spacial score (nSPS) is 11.3. The van der Waals surface area contributed by atoms with Gasteiger partial charge in [-0.1, -0.05) is 24.0 Å². The molecule has 8 heteroatoms. The van der Waals surface area contributed by atoms with E-state index < -0.39 is 11.7 Å². The van der Waals surface area contributed by atoms with Crippen molar-refractivity contribution < 1.29 is 13.2 Å². The number of halogens is 3. The Morgan fingerprint density at radius 1 is 1.00 bits per heavy atom. The second-order valence-electron chi connectivity index (χ2n) is 6.37. The minimum Gasteiger partial charge on any atom is -0.384 e. The second-order valence-corrected chi connectivity index (χ2v) is 6.37. The molecule has 29 heavy (non-hydrogen) atoms. The summed E-state index contributed by atoms with van der Waals surface area (Å²) in [5.74, 6) is 6.40. The Hall–Kier alpha value is -3.86. The number of fused-ring (bicyclic) bond motifs is 1. The summed E-state index contributed by atoms with van der Waals surface area (Å²) in [6, 6.07) is 10.1. The molecular weight excluding hydrogens is 379 g/mol. The maximum absolute atomic E-state index is 12.8. The lowest BCUT2D eigenvalue weighted by Gasteiger charge is -2.08. The number of aromatic nitrogens is 4. The van der Waals surface area contributed by atoms with Crippen molar-refractivity contribution in [2.45, 2.75) is 13.1 Å². The van der Waals surface area contributed by atoms with Crippen LogP contribution in [0.15, 0.2) is 54.9 Å². The van der Waals surface area contributed by atoms with Gasteiger partial charge in [-0.2, -0.15) is 18.3 Å². The standard InChI is InChI=1S/C21H14F3N5/c1-13-10-18(15-5-7-17(8-6-15)21(22,23)24)28-20-16(12-27-29(13)20)4-2-14-3-9-19(25)26-11-14/h3,5-12H,1H3,(H2,25,26). The van der Waals surface area contributed by atoms with Crippen molar-refractivity contribution in [3.63, 3.8) is 0 Å². The van der Waals surface area contributed by atoms with E-state index in [1.807, 2.05) is 6.92 Å². The van der Waals surface area contributed by atoms with E-state index in [0.29, 0.717) is 33.8 Å². The van der Waals surface area contributed by atoms with Gasteiger partial charge in [0.2, 0.25) is 0 Å². The highest BCUT2D eigenvalue weighted by molar-refractivity contribution is 5.66. The molecule has 144 valence electrons. The quantitative estimate of drug-likeness (QED) is 0.495. The molecule has 1 aromatic carbocycles. The predicted octanol–water partition coefficient (Wildman–Crippen LogP) is 4.10. The number of benzene rings is 1. The van der Waals surface area contributed by atoms with Gasteiger partial charge in [-0.3, -0.25) is 0 Å². The molecule has 2 N–H and O–H groups in total. The number of pyridine rings is 1. The van der Waals surface area contributed by atoms with Crippen LogP contribution >= 0.6 is 0 Å². The third kappa shape index (κ3) is 3.75. The number of rotatable bonds is 1. The van der Waals surface area contributed by atoms with E-state index in [9.17, 15) is 13.2 Å². The maximum atomic E-state index is 12.8. The first-order valence-electron chi connectivity index (χ1n) is 8.58. The molecule has 0 bridgehead atoms. The topological polar surface area (TPSA) is 69.1 Å². The van der Waals surface area contributed by atoms with Gasteiger partial charge in [0.05, 0.1) is 23.0 Å². The van der Waals surface area contributed by atoms with Gasteiger partial charge in [0, 0.05) is 23.0 Å². The Labute approximate surface area is 164 Å². The molecule has 5 nitrogen and oxygen atoms in total. The van der Waals surface area contributed by atoms with Crippen LogP contribution in [0, 0.1) is 18.8 Å².